The molecule has 0 fully saturated rings. The molecular formula is C26H20BrNO3. The second-order valence-corrected chi connectivity index (χ2v) is 8.96. The smallest absolute Gasteiger partial charge is 0.295 e. The van der Waals surface area contributed by atoms with E-state index in [1.54, 1.807) is 29.2 Å². The van der Waals surface area contributed by atoms with E-state index < -0.39 is 6.04 Å². The van der Waals surface area contributed by atoms with E-state index in [1.807, 2.05) is 36.4 Å². The summed E-state index contributed by atoms with van der Waals surface area (Å²) in [7, 11) is 0. The molecule has 4 nitrogen and oxygen atoms in total. The Morgan fingerprint density at radius 3 is 2.39 bits per heavy atom. The van der Waals surface area contributed by atoms with E-state index >= 15 is 0 Å². The van der Waals surface area contributed by atoms with Crippen LogP contribution in [0, 0.1) is 0 Å². The summed E-state index contributed by atoms with van der Waals surface area (Å²) >= 11 is 3.49. The number of nitrogens with zero attached hydrogens (tertiary/aromatic N) is 1. The number of rotatable bonds is 3. The predicted molar refractivity (Wildman–Crippen MR) is 126 cm³/mol. The minimum absolute atomic E-state index is 0.113. The van der Waals surface area contributed by atoms with E-state index in [0.29, 0.717) is 28.1 Å². The van der Waals surface area contributed by atoms with Crippen molar-refractivity contribution in [2.24, 2.45) is 0 Å². The number of anilines is 1. The normalized spacial score (nSPS) is 15.7. The molecule has 1 atom stereocenters. The van der Waals surface area contributed by atoms with Crippen LogP contribution < -0.4 is 10.3 Å². The molecule has 0 spiro atoms. The zero-order valence-electron chi connectivity index (χ0n) is 17.1. The SMILES string of the molecule is CC(C)c1ccc(C2c3c(oc4ccccc4c3=O)C(=O)N2c2cccc(Br)c2)cc1. The van der Waals surface area contributed by atoms with Crippen molar-refractivity contribution < 1.29 is 9.21 Å². The Bertz CT molecular complexity index is 1370. The highest BCUT2D eigenvalue weighted by atomic mass is 79.9. The molecule has 0 saturated carbocycles. The summed E-state index contributed by atoms with van der Waals surface area (Å²) in [5.74, 6) is 0.192. The monoisotopic (exact) mass is 473 g/mol. The van der Waals surface area contributed by atoms with Crippen molar-refractivity contribution in [3.63, 3.8) is 0 Å². The molecule has 5 rings (SSSR count). The minimum atomic E-state index is -0.557. The van der Waals surface area contributed by atoms with Crippen molar-refractivity contribution in [3.8, 4) is 0 Å². The number of carbonyl (C=O) groups excluding carboxylic acids is 1. The van der Waals surface area contributed by atoms with Gasteiger partial charge in [0, 0.05) is 10.2 Å². The van der Waals surface area contributed by atoms with Crippen molar-refractivity contribution >= 4 is 38.5 Å². The quantitative estimate of drug-likeness (QED) is 0.344. The van der Waals surface area contributed by atoms with Crippen LogP contribution in [-0.2, 0) is 0 Å². The van der Waals surface area contributed by atoms with Crippen LogP contribution in [-0.4, -0.2) is 5.91 Å². The van der Waals surface area contributed by atoms with Crippen molar-refractivity contribution in [2.45, 2.75) is 25.8 Å². The maximum Gasteiger partial charge on any atom is 0.295 e. The summed E-state index contributed by atoms with van der Waals surface area (Å²) < 4.78 is 6.84. The topological polar surface area (TPSA) is 50.5 Å². The first kappa shape index (κ1) is 19.8. The molecular weight excluding hydrogens is 454 g/mol. The van der Waals surface area contributed by atoms with E-state index in [1.165, 1.54) is 5.56 Å². The van der Waals surface area contributed by atoms with Crippen LogP contribution in [0.2, 0.25) is 0 Å². The van der Waals surface area contributed by atoms with Gasteiger partial charge >= 0.3 is 0 Å². The second-order valence-electron chi connectivity index (χ2n) is 8.05. The fourth-order valence-electron chi connectivity index (χ4n) is 4.19. The van der Waals surface area contributed by atoms with Crippen LogP contribution in [0.1, 0.15) is 53.1 Å². The number of carbonyl (C=O) groups is 1. The van der Waals surface area contributed by atoms with E-state index in [2.05, 4.69) is 41.9 Å². The highest BCUT2D eigenvalue weighted by molar-refractivity contribution is 9.10. The fourth-order valence-corrected chi connectivity index (χ4v) is 4.58. The number of amides is 1. The molecule has 0 bridgehead atoms. The highest BCUT2D eigenvalue weighted by Gasteiger charge is 2.43. The van der Waals surface area contributed by atoms with Gasteiger partial charge in [-0.05, 0) is 47.4 Å². The molecule has 3 aromatic carbocycles. The Hall–Kier alpha value is -3.18. The van der Waals surface area contributed by atoms with Gasteiger partial charge in [-0.1, -0.05) is 72.2 Å². The summed E-state index contributed by atoms with van der Waals surface area (Å²) in [4.78, 5) is 28.7. The zero-order valence-corrected chi connectivity index (χ0v) is 18.7. The van der Waals surface area contributed by atoms with Crippen molar-refractivity contribution in [3.05, 3.63) is 110 Å². The summed E-state index contributed by atoms with van der Waals surface area (Å²) in [6.45, 7) is 4.27. The fraction of sp³-hybridized carbons (Fsp3) is 0.154. The summed E-state index contributed by atoms with van der Waals surface area (Å²) in [6, 6.07) is 22.2. The summed E-state index contributed by atoms with van der Waals surface area (Å²) in [5, 5.41) is 0.481. The van der Waals surface area contributed by atoms with Gasteiger partial charge in [0.2, 0.25) is 5.76 Å². The van der Waals surface area contributed by atoms with Crippen LogP contribution in [0.3, 0.4) is 0 Å². The average Bonchev–Trinajstić information content (AvgIpc) is 3.06. The molecule has 154 valence electrons. The highest BCUT2D eigenvalue weighted by Crippen LogP contribution is 2.41. The summed E-state index contributed by atoms with van der Waals surface area (Å²) in [6.07, 6.45) is 0. The van der Waals surface area contributed by atoms with E-state index in [9.17, 15) is 9.59 Å². The third-order valence-electron chi connectivity index (χ3n) is 5.78. The maximum absolute atomic E-state index is 13.5. The van der Waals surface area contributed by atoms with Gasteiger partial charge in [0.25, 0.3) is 5.91 Å². The van der Waals surface area contributed by atoms with Gasteiger partial charge in [-0.2, -0.15) is 0 Å². The largest absolute Gasteiger partial charge is 0.450 e. The Kier molecular flexibility index (Phi) is 4.78. The lowest BCUT2D eigenvalue weighted by Crippen LogP contribution is -2.29. The zero-order chi connectivity index (χ0) is 21.7. The first-order valence-electron chi connectivity index (χ1n) is 10.2. The van der Waals surface area contributed by atoms with Crippen LogP contribution >= 0.6 is 15.9 Å². The molecule has 2 heterocycles. The van der Waals surface area contributed by atoms with Gasteiger partial charge in [-0.25, -0.2) is 0 Å². The number of para-hydroxylation sites is 1. The lowest BCUT2D eigenvalue weighted by molar-refractivity contribution is 0.0971. The standard InChI is InChI=1S/C26H20BrNO3/c1-15(2)16-10-12-17(13-11-16)23-22-24(29)20-8-3-4-9-21(20)31-25(22)26(30)28(23)19-7-5-6-18(27)14-19/h3-15,23H,1-2H3. The number of benzene rings is 3. The lowest BCUT2D eigenvalue weighted by Gasteiger charge is -2.25. The van der Waals surface area contributed by atoms with Crippen molar-refractivity contribution in [1.82, 2.24) is 0 Å². The van der Waals surface area contributed by atoms with Gasteiger partial charge in [0.1, 0.15) is 5.58 Å². The van der Waals surface area contributed by atoms with E-state index in [4.69, 9.17) is 4.42 Å². The average molecular weight is 474 g/mol. The van der Waals surface area contributed by atoms with Crippen LogP contribution in [0.5, 0.6) is 0 Å². The number of halogens is 1. The number of hydrogen-bond donors (Lipinski definition) is 0. The van der Waals surface area contributed by atoms with Gasteiger partial charge in [0.05, 0.1) is 17.0 Å². The third kappa shape index (κ3) is 3.20. The van der Waals surface area contributed by atoms with E-state index in [-0.39, 0.29) is 17.1 Å². The molecule has 5 heteroatoms. The molecule has 0 radical (unpaired) electrons. The van der Waals surface area contributed by atoms with E-state index in [0.717, 1.165) is 10.0 Å². The van der Waals surface area contributed by atoms with Crippen molar-refractivity contribution in [1.29, 1.82) is 0 Å². The van der Waals surface area contributed by atoms with Crippen LogP contribution in [0.4, 0.5) is 5.69 Å². The van der Waals surface area contributed by atoms with Crippen LogP contribution in [0.25, 0.3) is 11.0 Å². The first-order valence-corrected chi connectivity index (χ1v) is 11.0. The molecule has 4 aromatic rings. The second kappa shape index (κ2) is 7.50. The first-order chi connectivity index (χ1) is 15.0. The Morgan fingerprint density at radius 1 is 0.935 bits per heavy atom. The van der Waals surface area contributed by atoms with Crippen LogP contribution in [0.15, 0.2) is 86.5 Å². The van der Waals surface area contributed by atoms with Gasteiger partial charge in [-0.3, -0.25) is 14.5 Å². The Morgan fingerprint density at radius 2 is 1.68 bits per heavy atom. The summed E-state index contributed by atoms with van der Waals surface area (Å²) in [5.41, 5.74) is 3.42. The molecule has 0 saturated heterocycles. The Labute approximate surface area is 188 Å². The predicted octanol–water partition coefficient (Wildman–Crippen LogP) is 6.43. The molecule has 1 aromatic heterocycles. The molecule has 0 aliphatic carbocycles. The lowest BCUT2D eigenvalue weighted by atomic mass is 9.95. The molecule has 0 N–H and O–H groups in total. The molecule has 1 aliphatic heterocycles. The minimum Gasteiger partial charge on any atom is -0.450 e. The number of hydrogen-bond acceptors (Lipinski definition) is 3. The molecule has 31 heavy (non-hydrogen) atoms. The number of fused-ring (bicyclic) bond motifs is 2. The molecule has 1 amide bonds. The molecule has 1 unspecified atom stereocenters. The third-order valence-corrected chi connectivity index (χ3v) is 6.28. The Balaban J connectivity index is 1.78. The van der Waals surface area contributed by atoms with Gasteiger partial charge < -0.3 is 4.42 Å². The molecule has 1 aliphatic rings. The van der Waals surface area contributed by atoms with Gasteiger partial charge in [-0.15, -0.1) is 0 Å². The van der Waals surface area contributed by atoms with Crippen molar-refractivity contribution in [2.75, 3.05) is 4.90 Å². The van der Waals surface area contributed by atoms with Gasteiger partial charge in [0.15, 0.2) is 5.43 Å². The maximum atomic E-state index is 13.5.